The van der Waals surface area contributed by atoms with Crippen molar-refractivity contribution in [1.29, 1.82) is 0 Å². The maximum absolute atomic E-state index is 11.8. The molecular formula is C23H23ClO4S. The van der Waals surface area contributed by atoms with Gasteiger partial charge in [0, 0.05) is 10.1 Å². The largest absolute Gasteiger partial charge is 0.496 e. The number of thiophene rings is 1. The zero-order valence-electron chi connectivity index (χ0n) is 16.5. The summed E-state index contributed by atoms with van der Waals surface area (Å²) >= 11 is 7.73. The van der Waals surface area contributed by atoms with E-state index in [4.69, 9.17) is 21.1 Å². The molecule has 0 aliphatic heterocycles. The van der Waals surface area contributed by atoms with E-state index in [2.05, 4.69) is 6.07 Å². The van der Waals surface area contributed by atoms with Crippen molar-refractivity contribution in [2.75, 3.05) is 7.11 Å². The Morgan fingerprint density at radius 2 is 1.90 bits per heavy atom. The van der Waals surface area contributed by atoms with Crippen molar-refractivity contribution in [3.63, 3.8) is 0 Å². The van der Waals surface area contributed by atoms with Crippen LogP contribution in [0, 0.1) is 6.92 Å². The first-order chi connectivity index (χ1) is 14.0. The van der Waals surface area contributed by atoms with Gasteiger partial charge in [0.1, 0.15) is 11.5 Å². The third-order valence-corrected chi connectivity index (χ3v) is 7.02. The standard InChI is InChI=1S/C23H23ClO4S/c1-13-10-20-16(12-19(13)27-2)21(22(29-20)23(25)26)28-18-9-8-15(11-17(18)24)14-6-4-3-5-7-14/h8-12,14H,3-7H2,1-2H3,(H,25,26). The predicted molar refractivity (Wildman–Crippen MR) is 117 cm³/mol. The van der Waals surface area contributed by atoms with Crippen molar-refractivity contribution in [1.82, 2.24) is 0 Å². The molecule has 0 amide bonds. The van der Waals surface area contributed by atoms with E-state index in [1.165, 1.54) is 49.0 Å². The molecule has 1 aromatic heterocycles. The topological polar surface area (TPSA) is 55.8 Å². The average Bonchev–Trinajstić information content (AvgIpc) is 3.06. The second-order valence-electron chi connectivity index (χ2n) is 7.51. The van der Waals surface area contributed by atoms with Gasteiger partial charge >= 0.3 is 5.97 Å². The number of ether oxygens (including phenoxy) is 2. The summed E-state index contributed by atoms with van der Waals surface area (Å²) in [4.78, 5) is 12.0. The number of methoxy groups -OCH3 is 1. The molecule has 6 heteroatoms. The fraction of sp³-hybridized carbons (Fsp3) is 0.348. The van der Waals surface area contributed by atoms with Crippen molar-refractivity contribution >= 4 is 39.0 Å². The van der Waals surface area contributed by atoms with Gasteiger partial charge in [-0.25, -0.2) is 4.79 Å². The first kappa shape index (κ1) is 20.0. The van der Waals surface area contributed by atoms with E-state index < -0.39 is 5.97 Å². The summed E-state index contributed by atoms with van der Waals surface area (Å²) < 4.78 is 12.3. The normalized spacial score (nSPS) is 14.9. The molecule has 1 fully saturated rings. The number of benzene rings is 2. The summed E-state index contributed by atoms with van der Waals surface area (Å²) in [6.07, 6.45) is 6.19. The maximum Gasteiger partial charge on any atom is 0.349 e. The Balaban J connectivity index is 1.73. The predicted octanol–water partition coefficient (Wildman–Crippen LogP) is 7.41. The molecule has 152 valence electrons. The second kappa shape index (κ2) is 8.25. The van der Waals surface area contributed by atoms with Gasteiger partial charge in [-0.3, -0.25) is 0 Å². The molecular weight excluding hydrogens is 408 g/mol. The van der Waals surface area contributed by atoms with E-state index in [0.717, 1.165) is 10.3 Å². The number of aromatic carboxylic acids is 1. The van der Waals surface area contributed by atoms with Crippen molar-refractivity contribution in [3.05, 3.63) is 51.4 Å². The van der Waals surface area contributed by atoms with Gasteiger partial charge in [0.15, 0.2) is 10.6 Å². The minimum atomic E-state index is -1.02. The van der Waals surface area contributed by atoms with Gasteiger partial charge < -0.3 is 14.6 Å². The summed E-state index contributed by atoms with van der Waals surface area (Å²) in [5, 5.41) is 10.9. The molecule has 0 bridgehead atoms. The lowest BCUT2D eigenvalue weighted by molar-refractivity contribution is 0.0700. The number of rotatable bonds is 5. The molecule has 0 spiro atoms. The van der Waals surface area contributed by atoms with Gasteiger partial charge in [-0.15, -0.1) is 11.3 Å². The molecule has 0 atom stereocenters. The summed E-state index contributed by atoms with van der Waals surface area (Å²) in [5.74, 6) is 0.985. The average molecular weight is 431 g/mol. The second-order valence-corrected chi connectivity index (χ2v) is 8.97. The highest BCUT2D eigenvalue weighted by atomic mass is 35.5. The number of carboxylic acids is 1. The molecule has 1 N–H and O–H groups in total. The van der Waals surface area contributed by atoms with Gasteiger partial charge in [0.05, 0.1) is 12.1 Å². The highest BCUT2D eigenvalue weighted by molar-refractivity contribution is 7.21. The van der Waals surface area contributed by atoms with E-state index in [9.17, 15) is 9.90 Å². The molecule has 1 saturated carbocycles. The third-order valence-electron chi connectivity index (χ3n) is 5.60. The molecule has 4 rings (SSSR count). The number of fused-ring (bicyclic) bond motifs is 1. The van der Waals surface area contributed by atoms with Crippen LogP contribution in [-0.2, 0) is 0 Å². The molecule has 0 radical (unpaired) electrons. The van der Waals surface area contributed by atoms with Crippen molar-refractivity contribution in [3.8, 4) is 17.2 Å². The van der Waals surface area contributed by atoms with Crippen LogP contribution in [0.4, 0.5) is 0 Å². The summed E-state index contributed by atoms with van der Waals surface area (Å²) in [6, 6.07) is 9.62. The molecule has 0 saturated heterocycles. The van der Waals surface area contributed by atoms with Crippen LogP contribution in [-0.4, -0.2) is 18.2 Å². The van der Waals surface area contributed by atoms with E-state index in [1.54, 1.807) is 7.11 Å². The van der Waals surface area contributed by atoms with E-state index >= 15 is 0 Å². The van der Waals surface area contributed by atoms with Gasteiger partial charge in [0.25, 0.3) is 0 Å². The molecule has 29 heavy (non-hydrogen) atoms. The van der Waals surface area contributed by atoms with Crippen molar-refractivity contribution < 1.29 is 19.4 Å². The number of carbonyl (C=O) groups is 1. The Morgan fingerprint density at radius 3 is 2.55 bits per heavy atom. The Kier molecular flexibility index (Phi) is 5.70. The van der Waals surface area contributed by atoms with E-state index in [0.29, 0.717) is 33.6 Å². The molecule has 1 aliphatic rings. The van der Waals surface area contributed by atoms with Gasteiger partial charge in [-0.05, 0) is 61.1 Å². The van der Waals surface area contributed by atoms with Crippen LogP contribution < -0.4 is 9.47 Å². The lowest BCUT2D eigenvalue weighted by Crippen LogP contribution is -2.04. The van der Waals surface area contributed by atoms with Crippen molar-refractivity contribution in [2.45, 2.75) is 44.9 Å². The minimum Gasteiger partial charge on any atom is -0.496 e. The first-order valence-corrected chi connectivity index (χ1v) is 11.0. The summed E-state index contributed by atoms with van der Waals surface area (Å²) in [5.41, 5.74) is 2.17. The zero-order chi connectivity index (χ0) is 20.5. The quantitative estimate of drug-likeness (QED) is 0.457. The van der Waals surface area contributed by atoms with Crippen LogP contribution in [0.3, 0.4) is 0 Å². The highest BCUT2D eigenvalue weighted by Crippen LogP contribution is 2.45. The molecule has 1 aliphatic carbocycles. The Morgan fingerprint density at radius 1 is 1.14 bits per heavy atom. The van der Waals surface area contributed by atoms with E-state index in [-0.39, 0.29) is 4.88 Å². The van der Waals surface area contributed by atoms with Gasteiger partial charge in [-0.2, -0.15) is 0 Å². The smallest absolute Gasteiger partial charge is 0.349 e. The number of halogens is 1. The molecule has 1 heterocycles. The molecule has 4 nitrogen and oxygen atoms in total. The highest BCUT2D eigenvalue weighted by Gasteiger charge is 2.23. The van der Waals surface area contributed by atoms with Crippen LogP contribution >= 0.6 is 22.9 Å². The number of aryl methyl sites for hydroxylation is 1. The zero-order valence-corrected chi connectivity index (χ0v) is 18.0. The minimum absolute atomic E-state index is 0.153. The monoisotopic (exact) mass is 430 g/mol. The lowest BCUT2D eigenvalue weighted by atomic mass is 9.84. The summed E-state index contributed by atoms with van der Waals surface area (Å²) in [7, 11) is 1.60. The Hall–Kier alpha value is -2.24. The fourth-order valence-electron chi connectivity index (χ4n) is 4.06. The third kappa shape index (κ3) is 3.94. The maximum atomic E-state index is 11.8. The Bertz CT molecular complexity index is 1070. The van der Waals surface area contributed by atoms with Gasteiger partial charge in [0.2, 0.25) is 0 Å². The summed E-state index contributed by atoms with van der Waals surface area (Å²) in [6.45, 7) is 1.93. The SMILES string of the molecule is COc1cc2c(Oc3ccc(C4CCCCC4)cc3Cl)c(C(=O)O)sc2cc1C. The van der Waals surface area contributed by atoms with Crippen LogP contribution in [0.5, 0.6) is 17.2 Å². The van der Waals surface area contributed by atoms with Crippen LogP contribution in [0.1, 0.15) is 58.8 Å². The van der Waals surface area contributed by atoms with Crippen LogP contribution in [0.15, 0.2) is 30.3 Å². The number of hydrogen-bond donors (Lipinski definition) is 1. The van der Waals surface area contributed by atoms with E-state index in [1.807, 2.05) is 31.2 Å². The van der Waals surface area contributed by atoms with Crippen LogP contribution in [0.2, 0.25) is 5.02 Å². The number of carboxylic acid groups (broad SMARTS) is 1. The molecule has 3 aromatic rings. The Labute approximate surface area is 179 Å². The van der Waals surface area contributed by atoms with Crippen molar-refractivity contribution in [2.24, 2.45) is 0 Å². The lowest BCUT2D eigenvalue weighted by Gasteiger charge is -2.22. The molecule has 0 unspecified atom stereocenters. The van der Waals surface area contributed by atoms with Gasteiger partial charge in [-0.1, -0.05) is 36.9 Å². The number of hydrogen-bond acceptors (Lipinski definition) is 4. The van der Waals surface area contributed by atoms with Crippen LogP contribution in [0.25, 0.3) is 10.1 Å². The fourth-order valence-corrected chi connectivity index (χ4v) is 5.34. The first-order valence-electron chi connectivity index (χ1n) is 9.79. The molecule has 2 aromatic carbocycles.